The van der Waals surface area contributed by atoms with Crippen LogP contribution in [0.5, 0.6) is 6.01 Å². The first kappa shape index (κ1) is 38.1. The maximum absolute atomic E-state index is 12.9. The molecule has 3 aromatic rings. The Morgan fingerprint density at radius 3 is 2.21 bits per heavy atom. The summed E-state index contributed by atoms with van der Waals surface area (Å²) < 4.78 is 43.6. The van der Waals surface area contributed by atoms with E-state index in [1.165, 1.54) is 24.3 Å². The van der Waals surface area contributed by atoms with E-state index in [2.05, 4.69) is 48.5 Å². The van der Waals surface area contributed by atoms with E-state index in [1.54, 1.807) is 12.1 Å². The molecule has 1 aromatic heterocycles. The Kier molecular flexibility index (Phi) is 12.0. The number of ether oxygens (including phenoxy) is 1. The van der Waals surface area contributed by atoms with Gasteiger partial charge in [-0.2, -0.15) is 28.1 Å². The number of alkyl halides is 3. The third-order valence-corrected chi connectivity index (χ3v) is 9.01. The molecule has 2 fully saturated rings. The highest BCUT2D eigenvalue weighted by molar-refractivity contribution is 6.35. The van der Waals surface area contributed by atoms with Crippen LogP contribution in [0.4, 0.5) is 30.8 Å². The van der Waals surface area contributed by atoms with Gasteiger partial charge in [0, 0.05) is 28.9 Å². The number of aliphatic carboxylic acids is 1. The SMILES string of the molecule is CC1CCC(NC(=O)C(=O)NCC[C@H](NC(=O)c2ccc(Nc3nc(NC4(c5ccc(Cl)cc5)CC4)nc(OCC(F)(F)F)n3)cc2)C(=O)O)CC1. The van der Waals surface area contributed by atoms with Crippen LogP contribution in [0.3, 0.4) is 0 Å². The molecule has 0 aliphatic heterocycles. The zero-order chi connectivity index (χ0) is 37.5. The topological polar surface area (TPSA) is 197 Å². The van der Waals surface area contributed by atoms with Gasteiger partial charge in [-0.05, 0) is 92.8 Å². The van der Waals surface area contributed by atoms with E-state index in [0.29, 0.717) is 29.5 Å². The largest absolute Gasteiger partial charge is 0.480 e. The summed E-state index contributed by atoms with van der Waals surface area (Å²) in [4.78, 5) is 61.5. The van der Waals surface area contributed by atoms with Crippen molar-refractivity contribution in [2.75, 3.05) is 23.8 Å². The fraction of sp³-hybridized carbons (Fsp3) is 0.441. The Labute approximate surface area is 301 Å². The first-order valence-corrected chi connectivity index (χ1v) is 17.1. The van der Waals surface area contributed by atoms with Crippen molar-refractivity contribution < 1.29 is 42.2 Å². The van der Waals surface area contributed by atoms with Crippen molar-refractivity contribution in [1.29, 1.82) is 0 Å². The molecule has 1 atom stereocenters. The van der Waals surface area contributed by atoms with Crippen molar-refractivity contribution in [2.24, 2.45) is 5.92 Å². The number of benzene rings is 2. The van der Waals surface area contributed by atoms with E-state index < -0.39 is 54.1 Å². The molecule has 1 heterocycles. The number of carbonyl (C=O) groups is 4. The summed E-state index contributed by atoms with van der Waals surface area (Å²) in [6, 6.07) is 10.8. The van der Waals surface area contributed by atoms with Crippen LogP contribution in [0.15, 0.2) is 48.5 Å². The lowest BCUT2D eigenvalue weighted by Gasteiger charge is -2.26. The van der Waals surface area contributed by atoms with Crippen molar-refractivity contribution in [1.82, 2.24) is 30.9 Å². The van der Waals surface area contributed by atoms with Crippen LogP contribution in [-0.4, -0.2) is 75.2 Å². The Balaban J connectivity index is 1.18. The predicted octanol–water partition coefficient (Wildman–Crippen LogP) is 4.70. The number of nitrogens with one attached hydrogen (secondary N) is 5. The standard InChI is InChI=1S/C34H38ClF3N8O6/c1-19-2-10-23(11-3-19)40-28(49)27(48)39-17-14-25(29(50)51)42-26(47)20-4-12-24(13-5-20)41-30-43-31(45-32(44-30)52-18-34(36,37)38)46-33(15-16-33)21-6-8-22(35)9-7-21/h4-9,12-13,19,23,25H,2-3,10-11,14-18H2,1H3,(H,39,48)(H,40,49)(H,42,47)(H,50,51)(H2,41,43,44,45,46)/t19?,23?,25-/m0/s1. The average molecular weight is 747 g/mol. The highest BCUT2D eigenvalue weighted by Gasteiger charge is 2.45. The van der Waals surface area contributed by atoms with Gasteiger partial charge in [0.25, 0.3) is 5.91 Å². The normalized spacial score (nSPS) is 18.3. The number of hydrogen-bond donors (Lipinski definition) is 6. The summed E-state index contributed by atoms with van der Waals surface area (Å²) in [5, 5.41) is 23.7. The number of carboxylic acid groups (broad SMARTS) is 1. The molecule has 14 nitrogen and oxygen atoms in total. The number of rotatable bonds is 14. The maximum Gasteiger partial charge on any atom is 0.422 e. The molecule has 0 unspecified atom stereocenters. The van der Waals surface area contributed by atoms with Crippen molar-refractivity contribution in [3.63, 3.8) is 0 Å². The fourth-order valence-corrected chi connectivity index (χ4v) is 5.80. The first-order valence-electron chi connectivity index (χ1n) is 16.7. The van der Waals surface area contributed by atoms with Gasteiger partial charge < -0.3 is 36.4 Å². The van der Waals surface area contributed by atoms with Crippen molar-refractivity contribution in [2.45, 2.75) is 75.7 Å². The summed E-state index contributed by atoms with van der Waals surface area (Å²) in [6.45, 7) is 0.337. The molecule has 6 N–H and O–H groups in total. The number of hydrogen-bond acceptors (Lipinski definition) is 10. The zero-order valence-electron chi connectivity index (χ0n) is 28.1. The van der Waals surface area contributed by atoms with Gasteiger partial charge in [-0.3, -0.25) is 14.4 Å². The second-order valence-corrected chi connectivity index (χ2v) is 13.4. The quantitative estimate of drug-likeness (QED) is 0.125. The van der Waals surface area contributed by atoms with Crippen LogP contribution in [0.2, 0.25) is 5.02 Å². The smallest absolute Gasteiger partial charge is 0.422 e. The Hall–Kier alpha value is -5.19. The van der Waals surface area contributed by atoms with Crippen LogP contribution in [-0.2, 0) is 19.9 Å². The third kappa shape index (κ3) is 10.9. The molecule has 2 saturated carbocycles. The monoisotopic (exact) mass is 746 g/mol. The summed E-state index contributed by atoms with van der Waals surface area (Å²) in [5.74, 6) is -3.34. The highest BCUT2D eigenvalue weighted by atomic mass is 35.5. The maximum atomic E-state index is 12.9. The van der Waals surface area contributed by atoms with Crippen molar-refractivity contribution >= 4 is 52.9 Å². The van der Waals surface area contributed by atoms with E-state index in [1.807, 2.05) is 12.1 Å². The van der Waals surface area contributed by atoms with Crippen LogP contribution < -0.4 is 31.3 Å². The minimum atomic E-state index is -4.64. The summed E-state index contributed by atoms with van der Waals surface area (Å²) in [5.41, 5.74) is 0.766. The number of carboxylic acids is 1. The Morgan fingerprint density at radius 1 is 0.942 bits per heavy atom. The molecule has 18 heteroatoms. The van der Waals surface area contributed by atoms with Gasteiger partial charge in [0.15, 0.2) is 6.61 Å². The molecule has 2 aromatic carbocycles. The summed E-state index contributed by atoms with van der Waals surface area (Å²) >= 11 is 6.02. The number of aromatic nitrogens is 3. The number of halogens is 4. The van der Waals surface area contributed by atoms with E-state index in [4.69, 9.17) is 16.3 Å². The molecule has 278 valence electrons. The number of anilines is 3. The lowest BCUT2D eigenvalue weighted by atomic mass is 9.87. The zero-order valence-corrected chi connectivity index (χ0v) is 28.8. The molecule has 0 spiro atoms. The minimum absolute atomic E-state index is 0.0338. The lowest BCUT2D eigenvalue weighted by Crippen LogP contribution is -2.47. The second-order valence-electron chi connectivity index (χ2n) is 12.9. The summed E-state index contributed by atoms with van der Waals surface area (Å²) in [7, 11) is 0. The fourth-order valence-electron chi connectivity index (χ4n) is 5.67. The lowest BCUT2D eigenvalue weighted by molar-refractivity contribution is -0.154. The molecule has 2 aliphatic carbocycles. The van der Waals surface area contributed by atoms with E-state index >= 15 is 0 Å². The van der Waals surface area contributed by atoms with Crippen LogP contribution in [0, 0.1) is 5.92 Å². The molecule has 5 rings (SSSR count). The molecule has 0 saturated heterocycles. The highest BCUT2D eigenvalue weighted by Crippen LogP contribution is 2.48. The molecule has 0 radical (unpaired) electrons. The molecule has 2 aliphatic rings. The first-order chi connectivity index (χ1) is 24.7. The van der Waals surface area contributed by atoms with E-state index in [0.717, 1.165) is 31.2 Å². The molecule has 3 amide bonds. The summed E-state index contributed by atoms with van der Waals surface area (Å²) in [6.07, 6.45) is 0.0839. The Morgan fingerprint density at radius 2 is 1.60 bits per heavy atom. The predicted molar refractivity (Wildman–Crippen MR) is 183 cm³/mol. The van der Waals surface area contributed by atoms with Gasteiger partial charge >= 0.3 is 30.0 Å². The minimum Gasteiger partial charge on any atom is -0.480 e. The number of carbonyl (C=O) groups excluding carboxylic acids is 3. The number of nitrogens with zero attached hydrogens (tertiary/aromatic N) is 3. The van der Waals surface area contributed by atoms with Gasteiger partial charge in [0.05, 0.1) is 5.54 Å². The molecule has 0 bridgehead atoms. The van der Waals surface area contributed by atoms with Gasteiger partial charge in [0.1, 0.15) is 6.04 Å². The van der Waals surface area contributed by atoms with Crippen molar-refractivity contribution in [3.8, 4) is 6.01 Å². The van der Waals surface area contributed by atoms with Crippen LogP contribution in [0.1, 0.15) is 67.8 Å². The third-order valence-electron chi connectivity index (χ3n) is 8.76. The van der Waals surface area contributed by atoms with E-state index in [-0.39, 0.29) is 36.5 Å². The molecule has 52 heavy (non-hydrogen) atoms. The number of amides is 3. The van der Waals surface area contributed by atoms with Gasteiger partial charge in [0.2, 0.25) is 11.9 Å². The van der Waals surface area contributed by atoms with Gasteiger partial charge in [-0.1, -0.05) is 30.7 Å². The van der Waals surface area contributed by atoms with Gasteiger partial charge in [-0.15, -0.1) is 0 Å². The Bertz CT molecular complexity index is 1750. The second kappa shape index (κ2) is 16.4. The molecular formula is C34H38ClF3N8O6. The van der Waals surface area contributed by atoms with Crippen LogP contribution >= 0.6 is 11.6 Å². The van der Waals surface area contributed by atoms with E-state index in [9.17, 15) is 37.5 Å². The average Bonchev–Trinajstić information content (AvgIpc) is 3.88. The van der Waals surface area contributed by atoms with Gasteiger partial charge in [-0.25, -0.2) is 4.79 Å². The molecular weight excluding hydrogens is 709 g/mol. The van der Waals surface area contributed by atoms with Crippen molar-refractivity contribution in [3.05, 3.63) is 64.7 Å². The van der Waals surface area contributed by atoms with Crippen LogP contribution in [0.25, 0.3) is 0 Å².